The average Bonchev–Trinajstić information content (AvgIpc) is 2.15. The molecular weight excluding hydrogens is 216 g/mol. The number of hydrogen-bond donors (Lipinski definition) is 2. The first-order valence-electron chi connectivity index (χ1n) is 4.82. The molecule has 0 bridgehead atoms. The van der Waals surface area contributed by atoms with E-state index in [1.807, 2.05) is 0 Å². The quantitative estimate of drug-likeness (QED) is 0.361. The maximum absolute atomic E-state index is 10.6. The molecular formula is C8H16N4O4. The van der Waals surface area contributed by atoms with Gasteiger partial charge in [0.25, 0.3) is 0 Å². The largest absolute Gasteiger partial charge is 0.370 e. The van der Waals surface area contributed by atoms with Gasteiger partial charge in [0.15, 0.2) is 0 Å². The summed E-state index contributed by atoms with van der Waals surface area (Å²) in [4.78, 5) is 32.4. The van der Waals surface area contributed by atoms with Crippen molar-refractivity contribution in [3.05, 3.63) is 10.1 Å². The lowest BCUT2D eigenvalue weighted by Gasteiger charge is -2.18. The first-order valence-corrected chi connectivity index (χ1v) is 4.82. The third kappa shape index (κ3) is 8.88. The Bertz CT molecular complexity index is 226. The van der Waals surface area contributed by atoms with Crippen LogP contribution in [0.5, 0.6) is 0 Å². The predicted octanol–water partition coefficient (Wildman–Crippen LogP) is -1.68. The van der Waals surface area contributed by atoms with E-state index in [2.05, 4.69) is 0 Å². The van der Waals surface area contributed by atoms with E-state index >= 15 is 0 Å². The van der Waals surface area contributed by atoms with E-state index in [-0.39, 0.29) is 25.9 Å². The summed E-state index contributed by atoms with van der Waals surface area (Å²) in [5.41, 5.74) is 9.92. The molecule has 16 heavy (non-hydrogen) atoms. The fraction of sp³-hybridized carbons (Fsp3) is 0.750. The van der Waals surface area contributed by atoms with Crippen molar-refractivity contribution in [2.24, 2.45) is 11.5 Å². The van der Waals surface area contributed by atoms with Crippen LogP contribution in [0.3, 0.4) is 0 Å². The van der Waals surface area contributed by atoms with Crippen molar-refractivity contribution in [3.63, 3.8) is 0 Å². The van der Waals surface area contributed by atoms with E-state index in [0.29, 0.717) is 13.1 Å². The Morgan fingerprint density at radius 3 is 1.81 bits per heavy atom. The van der Waals surface area contributed by atoms with Gasteiger partial charge >= 0.3 is 0 Å². The minimum absolute atomic E-state index is 0.108. The molecule has 0 fully saturated rings. The highest BCUT2D eigenvalue weighted by Gasteiger charge is 2.10. The molecule has 0 unspecified atom stereocenters. The van der Waals surface area contributed by atoms with Crippen molar-refractivity contribution >= 4 is 11.8 Å². The molecule has 0 aliphatic rings. The molecule has 2 amide bonds. The molecule has 0 radical (unpaired) electrons. The normalized spacial score (nSPS) is 10.3. The van der Waals surface area contributed by atoms with Crippen molar-refractivity contribution in [2.75, 3.05) is 26.2 Å². The first-order chi connectivity index (χ1) is 7.41. The Labute approximate surface area is 92.7 Å². The van der Waals surface area contributed by atoms with Crippen LogP contribution in [-0.2, 0) is 9.59 Å². The molecule has 0 saturated heterocycles. The van der Waals surface area contributed by atoms with Crippen LogP contribution >= 0.6 is 0 Å². The highest BCUT2D eigenvalue weighted by molar-refractivity contribution is 5.74. The zero-order valence-electron chi connectivity index (χ0n) is 8.92. The van der Waals surface area contributed by atoms with Crippen molar-refractivity contribution in [3.8, 4) is 0 Å². The number of rotatable bonds is 9. The molecule has 8 nitrogen and oxygen atoms in total. The van der Waals surface area contributed by atoms with Gasteiger partial charge in [-0.15, -0.1) is 0 Å². The Kier molecular flexibility index (Phi) is 6.77. The minimum Gasteiger partial charge on any atom is -0.370 e. The summed E-state index contributed by atoms with van der Waals surface area (Å²) >= 11 is 0. The zero-order chi connectivity index (χ0) is 12.6. The molecule has 0 rings (SSSR count). The van der Waals surface area contributed by atoms with Gasteiger partial charge in [-0.3, -0.25) is 24.6 Å². The summed E-state index contributed by atoms with van der Waals surface area (Å²) < 4.78 is 0. The maximum atomic E-state index is 10.6. The average molecular weight is 232 g/mol. The Morgan fingerprint density at radius 1 is 1.06 bits per heavy atom. The molecule has 0 aromatic carbocycles. The summed E-state index contributed by atoms with van der Waals surface area (Å²) in [5, 5.41) is 10.2. The second-order valence-electron chi connectivity index (χ2n) is 3.33. The van der Waals surface area contributed by atoms with Crippen LogP contribution in [-0.4, -0.2) is 47.8 Å². The van der Waals surface area contributed by atoms with E-state index < -0.39 is 16.7 Å². The van der Waals surface area contributed by atoms with Gasteiger partial charge in [0, 0.05) is 30.9 Å². The van der Waals surface area contributed by atoms with Crippen molar-refractivity contribution in [1.82, 2.24) is 4.90 Å². The molecule has 8 heteroatoms. The molecule has 0 aliphatic heterocycles. The standard InChI is InChI=1S/C8H16N4O4/c9-7(13)1-3-11(4-2-8(10)14)5-6-12(15)16/h1-6H2,(H2,9,13)(H2,10,14). The van der Waals surface area contributed by atoms with Gasteiger partial charge in [0.05, 0.1) is 6.54 Å². The number of nitrogens with zero attached hydrogens (tertiary/aromatic N) is 2. The summed E-state index contributed by atoms with van der Waals surface area (Å²) in [7, 11) is 0. The number of carbonyl (C=O) groups excluding carboxylic acids is 2. The van der Waals surface area contributed by atoms with Gasteiger partial charge in [-0.1, -0.05) is 0 Å². The zero-order valence-corrected chi connectivity index (χ0v) is 8.92. The number of nitrogens with two attached hydrogens (primary N) is 2. The lowest BCUT2D eigenvalue weighted by molar-refractivity contribution is -0.480. The van der Waals surface area contributed by atoms with Crippen LogP contribution < -0.4 is 11.5 Å². The summed E-state index contributed by atoms with van der Waals surface area (Å²) in [6.45, 7) is 0.540. The molecule has 0 atom stereocenters. The highest BCUT2D eigenvalue weighted by atomic mass is 16.6. The van der Waals surface area contributed by atoms with Crippen molar-refractivity contribution < 1.29 is 14.5 Å². The molecule has 0 saturated carbocycles. The van der Waals surface area contributed by atoms with Crippen LogP contribution in [0.4, 0.5) is 0 Å². The van der Waals surface area contributed by atoms with E-state index in [9.17, 15) is 19.7 Å². The summed E-state index contributed by atoms with van der Waals surface area (Å²) in [5.74, 6) is -0.963. The second kappa shape index (κ2) is 7.57. The molecule has 0 aromatic heterocycles. The number of carbonyl (C=O) groups is 2. The van der Waals surface area contributed by atoms with E-state index in [1.54, 1.807) is 4.90 Å². The van der Waals surface area contributed by atoms with Gasteiger partial charge < -0.3 is 11.5 Å². The second-order valence-corrected chi connectivity index (χ2v) is 3.33. The van der Waals surface area contributed by atoms with Crippen molar-refractivity contribution in [1.29, 1.82) is 0 Å². The smallest absolute Gasteiger partial charge is 0.218 e. The number of hydrogen-bond acceptors (Lipinski definition) is 5. The maximum Gasteiger partial charge on any atom is 0.218 e. The number of nitro groups is 1. The first kappa shape index (κ1) is 14.3. The third-order valence-electron chi connectivity index (χ3n) is 1.95. The third-order valence-corrected chi connectivity index (χ3v) is 1.95. The van der Waals surface area contributed by atoms with Crippen LogP contribution in [0.25, 0.3) is 0 Å². The van der Waals surface area contributed by atoms with Crippen molar-refractivity contribution in [2.45, 2.75) is 12.8 Å². The lowest BCUT2D eigenvalue weighted by Crippen LogP contribution is -2.34. The van der Waals surface area contributed by atoms with E-state index in [4.69, 9.17) is 11.5 Å². The molecule has 4 N–H and O–H groups in total. The summed E-state index contributed by atoms with van der Waals surface area (Å²) in [6, 6.07) is 0. The lowest BCUT2D eigenvalue weighted by atomic mass is 10.3. The van der Waals surface area contributed by atoms with Gasteiger partial charge in [-0.2, -0.15) is 0 Å². The monoisotopic (exact) mass is 232 g/mol. The van der Waals surface area contributed by atoms with Gasteiger partial charge in [-0.05, 0) is 0 Å². The predicted molar refractivity (Wildman–Crippen MR) is 55.9 cm³/mol. The van der Waals surface area contributed by atoms with Gasteiger partial charge in [-0.25, -0.2) is 0 Å². The van der Waals surface area contributed by atoms with E-state index in [0.717, 1.165) is 0 Å². The summed E-state index contributed by atoms with van der Waals surface area (Å²) in [6.07, 6.45) is 0.215. The highest BCUT2D eigenvalue weighted by Crippen LogP contribution is 1.94. The van der Waals surface area contributed by atoms with Gasteiger partial charge in [0.1, 0.15) is 0 Å². The molecule has 0 heterocycles. The fourth-order valence-corrected chi connectivity index (χ4v) is 1.10. The van der Waals surface area contributed by atoms with Crippen LogP contribution in [0, 0.1) is 10.1 Å². The Morgan fingerprint density at radius 2 is 1.50 bits per heavy atom. The topological polar surface area (TPSA) is 133 Å². The minimum atomic E-state index is -0.481. The number of primary amides is 2. The molecule has 92 valence electrons. The van der Waals surface area contributed by atoms with Crippen LogP contribution in [0.1, 0.15) is 12.8 Å². The molecule has 0 spiro atoms. The fourth-order valence-electron chi connectivity index (χ4n) is 1.10. The molecule has 0 aliphatic carbocycles. The van der Waals surface area contributed by atoms with Crippen LogP contribution in [0.2, 0.25) is 0 Å². The van der Waals surface area contributed by atoms with Crippen LogP contribution in [0.15, 0.2) is 0 Å². The Balaban J connectivity index is 3.98. The van der Waals surface area contributed by atoms with Gasteiger partial charge in [0.2, 0.25) is 18.4 Å². The SMILES string of the molecule is NC(=O)CCN(CCC(N)=O)CC[N+](=O)[O-]. The van der Waals surface area contributed by atoms with E-state index in [1.165, 1.54) is 0 Å². The Hall–Kier alpha value is -1.70. The molecule has 0 aromatic rings. The number of amides is 2.